The van der Waals surface area contributed by atoms with Crippen LogP contribution in [-0.4, -0.2) is 37.6 Å². The van der Waals surface area contributed by atoms with Gasteiger partial charge in [0.2, 0.25) is 5.91 Å². The number of sulfonamides is 1. The normalized spacial score (nSPS) is 15.3. The van der Waals surface area contributed by atoms with Gasteiger partial charge < -0.3 is 10.4 Å². The molecule has 0 spiro atoms. The Bertz CT molecular complexity index is 1180. The van der Waals surface area contributed by atoms with Gasteiger partial charge >= 0.3 is 12.1 Å². The van der Waals surface area contributed by atoms with E-state index >= 15 is 0 Å². The van der Waals surface area contributed by atoms with E-state index in [1.807, 2.05) is 13.8 Å². The van der Waals surface area contributed by atoms with E-state index in [9.17, 15) is 30.8 Å². The van der Waals surface area contributed by atoms with Crippen LogP contribution in [0.3, 0.4) is 0 Å². The number of carboxylic acid groups (broad SMARTS) is 1. The van der Waals surface area contributed by atoms with E-state index in [1.54, 1.807) is 24.3 Å². The van der Waals surface area contributed by atoms with Crippen LogP contribution in [0.4, 0.5) is 23.2 Å². The highest BCUT2D eigenvalue weighted by Gasteiger charge is 2.51. The molecule has 0 radical (unpaired) electrons. The molecule has 1 aliphatic carbocycles. The Kier molecular flexibility index (Phi) is 8.77. The highest BCUT2D eigenvalue weighted by atomic mass is 35.5. The smallest absolute Gasteiger partial charge is 0.475 e. The number of benzene rings is 2. The average molecular weight is 539 g/mol. The quantitative estimate of drug-likeness (QED) is 0.436. The minimum Gasteiger partial charge on any atom is -0.475 e. The van der Waals surface area contributed by atoms with Crippen LogP contribution in [0.2, 0.25) is 5.02 Å². The maximum absolute atomic E-state index is 13.3. The number of carbonyl (C=O) groups is 2. The number of anilines is 1. The number of rotatable bonds is 7. The molecule has 13 heteroatoms. The highest BCUT2D eigenvalue weighted by molar-refractivity contribution is 7.92. The van der Waals surface area contributed by atoms with E-state index in [1.165, 1.54) is 0 Å². The largest absolute Gasteiger partial charge is 0.490 e. The lowest BCUT2D eigenvalue weighted by atomic mass is 9.94. The Morgan fingerprint density at radius 1 is 1.14 bits per heavy atom. The summed E-state index contributed by atoms with van der Waals surface area (Å²) in [5.74, 6) is -3.43. The third kappa shape index (κ3) is 7.31. The van der Waals surface area contributed by atoms with Gasteiger partial charge in [-0.1, -0.05) is 30.7 Å². The molecule has 7 nitrogen and oxygen atoms in total. The summed E-state index contributed by atoms with van der Waals surface area (Å²) in [4.78, 5) is 21.4. The molecule has 0 aromatic heterocycles. The Labute approximate surface area is 204 Å². The highest BCUT2D eigenvalue weighted by Crippen LogP contribution is 2.48. The first-order valence-corrected chi connectivity index (χ1v) is 12.2. The number of alkyl halides is 3. The molecule has 1 unspecified atom stereocenters. The molecule has 3 rings (SSSR count). The summed E-state index contributed by atoms with van der Waals surface area (Å²) >= 11 is 5.67. The second-order valence-electron chi connectivity index (χ2n) is 7.93. The molecule has 0 aliphatic heterocycles. The van der Waals surface area contributed by atoms with Crippen LogP contribution in [0.15, 0.2) is 47.4 Å². The summed E-state index contributed by atoms with van der Waals surface area (Å²) in [5.41, 5.74) is 0.689. The van der Waals surface area contributed by atoms with Crippen LogP contribution in [0.25, 0.3) is 0 Å². The lowest BCUT2D eigenvalue weighted by molar-refractivity contribution is -0.192. The number of aliphatic carboxylic acids is 1. The van der Waals surface area contributed by atoms with Crippen molar-refractivity contribution < 1.29 is 40.7 Å². The summed E-state index contributed by atoms with van der Waals surface area (Å²) in [6.45, 7) is 3.98. The summed E-state index contributed by atoms with van der Waals surface area (Å²) in [6, 6.07) is 10.1. The number of nitrogens with one attached hydrogen (secondary N) is 2. The number of carbonyl (C=O) groups excluding carboxylic acids is 1. The van der Waals surface area contributed by atoms with Crippen molar-refractivity contribution in [3.8, 4) is 0 Å². The van der Waals surface area contributed by atoms with Crippen molar-refractivity contribution in [3.05, 3.63) is 58.9 Å². The Balaban J connectivity index is 0.000000540. The van der Waals surface area contributed by atoms with Crippen molar-refractivity contribution in [2.45, 2.75) is 55.6 Å². The monoisotopic (exact) mass is 538 g/mol. The fourth-order valence-electron chi connectivity index (χ4n) is 2.95. The van der Waals surface area contributed by atoms with Gasteiger partial charge in [-0.15, -0.1) is 0 Å². The van der Waals surface area contributed by atoms with Crippen LogP contribution in [0.1, 0.15) is 38.7 Å². The lowest BCUT2D eigenvalue weighted by Gasteiger charge is -2.19. The van der Waals surface area contributed by atoms with Gasteiger partial charge in [0.1, 0.15) is 5.82 Å². The second kappa shape index (κ2) is 10.8. The number of hydrogen-bond acceptors (Lipinski definition) is 4. The van der Waals surface area contributed by atoms with Crippen molar-refractivity contribution in [3.63, 3.8) is 0 Å². The predicted molar refractivity (Wildman–Crippen MR) is 121 cm³/mol. The van der Waals surface area contributed by atoms with E-state index < -0.39 is 33.4 Å². The van der Waals surface area contributed by atoms with Gasteiger partial charge in [0.05, 0.1) is 15.3 Å². The predicted octanol–water partition coefficient (Wildman–Crippen LogP) is 4.86. The van der Waals surface area contributed by atoms with E-state index in [2.05, 4.69) is 10.0 Å². The van der Waals surface area contributed by atoms with E-state index in [0.29, 0.717) is 5.69 Å². The van der Waals surface area contributed by atoms with Crippen molar-refractivity contribution in [2.75, 3.05) is 4.72 Å². The molecule has 1 amide bonds. The van der Waals surface area contributed by atoms with Crippen molar-refractivity contribution in [1.82, 2.24) is 5.32 Å². The van der Waals surface area contributed by atoms with Gasteiger partial charge in [0, 0.05) is 11.7 Å². The van der Waals surface area contributed by atoms with Crippen molar-refractivity contribution >= 4 is 39.2 Å². The van der Waals surface area contributed by atoms with Gasteiger partial charge in [0.25, 0.3) is 10.0 Å². The maximum Gasteiger partial charge on any atom is 0.490 e. The standard InChI is InChI=1S/C20H22ClFN2O3S.C2HF3O2/c1-3-13(2)23-19(25)20(10-11-20)14-4-6-15(7-5-14)24-28(26,27)16-8-9-18(22)17(21)12-16;3-2(4,5)1(6)7/h4-9,12-13,24H,3,10-11H2,1-2H3,(H,23,25);(H,6,7). The number of carboxylic acids is 1. The van der Waals surface area contributed by atoms with E-state index in [-0.39, 0.29) is 21.9 Å². The second-order valence-corrected chi connectivity index (χ2v) is 10.0. The molecule has 0 heterocycles. The zero-order chi connectivity index (χ0) is 26.6. The summed E-state index contributed by atoms with van der Waals surface area (Å²) in [5, 5.41) is 9.88. The van der Waals surface area contributed by atoms with Crippen molar-refractivity contribution in [2.24, 2.45) is 0 Å². The molecule has 192 valence electrons. The fourth-order valence-corrected chi connectivity index (χ4v) is 4.28. The third-order valence-corrected chi connectivity index (χ3v) is 6.98. The first kappa shape index (κ1) is 28.4. The zero-order valence-electron chi connectivity index (χ0n) is 18.6. The molecule has 3 N–H and O–H groups in total. The lowest BCUT2D eigenvalue weighted by Crippen LogP contribution is -2.39. The van der Waals surface area contributed by atoms with Crippen LogP contribution in [0, 0.1) is 5.82 Å². The van der Waals surface area contributed by atoms with Gasteiger partial charge in [-0.2, -0.15) is 13.2 Å². The molecule has 2 aromatic carbocycles. The number of hydrogen-bond donors (Lipinski definition) is 3. The third-order valence-electron chi connectivity index (χ3n) is 5.31. The van der Waals surface area contributed by atoms with E-state index in [0.717, 1.165) is 43.0 Å². The SMILES string of the molecule is CCC(C)NC(=O)C1(c2ccc(NS(=O)(=O)c3ccc(F)c(Cl)c3)cc2)CC1.O=C(O)C(F)(F)F. The van der Waals surface area contributed by atoms with Gasteiger partial charge in [-0.05, 0) is 62.1 Å². The summed E-state index contributed by atoms with van der Waals surface area (Å²) in [6.07, 6.45) is -2.68. The first-order valence-electron chi connectivity index (χ1n) is 10.3. The maximum atomic E-state index is 13.3. The van der Waals surface area contributed by atoms with Gasteiger partial charge in [0.15, 0.2) is 0 Å². The zero-order valence-corrected chi connectivity index (χ0v) is 20.2. The molecule has 1 saturated carbocycles. The molecular formula is C22H23ClF4N2O5S. The Morgan fingerprint density at radius 3 is 2.11 bits per heavy atom. The summed E-state index contributed by atoms with van der Waals surface area (Å²) in [7, 11) is -3.90. The van der Waals surface area contributed by atoms with Crippen molar-refractivity contribution in [1.29, 1.82) is 0 Å². The molecule has 1 fully saturated rings. The van der Waals surface area contributed by atoms with Gasteiger partial charge in [-0.25, -0.2) is 17.6 Å². The molecule has 2 aromatic rings. The first-order chi connectivity index (χ1) is 16.1. The Morgan fingerprint density at radius 2 is 1.69 bits per heavy atom. The molecule has 0 bridgehead atoms. The summed E-state index contributed by atoms with van der Waals surface area (Å²) < 4.78 is 72.4. The minimum atomic E-state index is -5.08. The molecule has 35 heavy (non-hydrogen) atoms. The average Bonchev–Trinajstić information content (AvgIpc) is 3.57. The molecule has 1 aliphatic rings. The minimum absolute atomic E-state index is 0.0103. The van der Waals surface area contributed by atoms with E-state index in [4.69, 9.17) is 21.5 Å². The van der Waals surface area contributed by atoms with Gasteiger partial charge in [-0.3, -0.25) is 9.52 Å². The molecule has 0 saturated heterocycles. The van der Waals surface area contributed by atoms with Crippen LogP contribution in [0.5, 0.6) is 0 Å². The Hall–Kier alpha value is -2.86. The molecule has 1 atom stereocenters. The van der Waals surface area contributed by atoms with Crippen LogP contribution < -0.4 is 10.0 Å². The van der Waals surface area contributed by atoms with Crippen LogP contribution in [-0.2, 0) is 25.0 Å². The molecular weight excluding hydrogens is 516 g/mol. The number of halogens is 5. The fraction of sp³-hybridized carbons (Fsp3) is 0.364. The van der Waals surface area contributed by atoms with Crippen LogP contribution >= 0.6 is 11.6 Å². The number of amides is 1. The topological polar surface area (TPSA) is 113 Å².